The van der Waals surface area contributed by atoms with Crippen molar-refractivity contribution in [1.82, 2.24) is 5.32 Å². The van der Waals surface area contributed by atoms with Gasteiger partial charge >= 0.3 is 5.97 Å². The first-order valence-electron chi connectivity index (χ1n) is 7.81. The standard InChI is InChI=1S/C17H25NO3/c1-13-5-2-8-16(11-13)21-10-4-9-18-15-7-3-6-14(12-15)17(19)20/h2,5,8,11,14-15,18H,3-4,6-7,9-10,12H2,1H3,(H,19,20). The molecule has 0 saturated heterocycles. The second-order valence-electron chi connectivity index (χ2n) is 5.87. The highest BCUT2D eigenvalue weighted by molar-refractivity contribution is 5.70. The van der Waals surface area contributed by atoms with Crippen molar-refractivity contribution in [2.75, 3.05) is 13.2 Å². The molecule has 0 bridgehead atoms. The molecule has 0 amide bonds. The first kappa shape index (κ1) is 15.8. The van der Waals surface area contributed by atoms with E-state index in [-0.39, 0.29) is 5.92 Å². The number of carbonyl (C=O) groups is 1. The summed E-state index contributed by atoms with van der Waals surface area (Å²) < 4.78 is 5.70. The van der Waals surface area contributed by atoms with E-state index in [0.717, 1.165) is 44.4 Å². The first-order chi connectivity index (χ1) is 10.1. The topological polar surface area (TPSA) is 58.6 Å². The van der Waals surface area contributed by atoms with Gasteiger partial charge in [0, 0.05) is 6.04 Å². The first-order valence-corrected chi connectivity index (χ1v) is 7.81. The Balaban J connectivity index is 1.60. The van der Waals surface area contributed by atoms with Crippen molar-refractivity contribution >= 4 is 5.97 Å². The van der Waals surface area contributed by atoms with Crippen LogP contribution in [0, 0.1) is 12.8 Å². The number of hydrogen-bond donors (Lipinski definition) is 2. The van der Waals surface area contributed by atoms with E-state index in [9.17, 15) is 4.79 Å². The van der Waals surface area contributed by atoms with Gasteiger partial charge in [-0.15, -0.1) is 0 Å². The SMILES string of the molecule is Cc1cccc(OCCCNC2CCCC(C(=O)O)C2)c1. The van der Waals surface area contributed by atoms with Crippen molar-refractivity contribution in [3.05, 3.63) is 29.8 Å². The van der Waals surface area contributed by atoms with E-state index < -0.39 is 5.97 Å². The highest BCUT2D eigenvalue weighted by Gasteiger charge is 2.26. The molecule has 116 valence electrons. The van der Waals surface area contributed by atoms with Crippen LogP contribution in [0.15, 0.2) is 24.3 Å². The van der Waals surface area contributed by atoms with E-state index in [1.165, 1.54) is 5.56 Å². The molecular formula is C17H25NO3. The minimum atomic E-state index is -0.649. The van der Waals surface area contributed by atoms with Gasteiger partial charge in [-0.25, -0.2) is 0 Å². The maximum atomic E-state index is 11.0. The fourth-order valence-electron chi connectivity index (χ4n) is 2.87. The molecule has 4 heteroatoms. The van der Waals surface area contributed by atoms with Gasteiger partial charge in [-0.05, 0) is 56.8 Å². The molecule has 21 heavy (non-hydrogen) atoms. The predicted molar refractivity (Wildman–Crippen MR) is 82.7 cm³/mol. The molecule has 2 rings (SSSR count). The largest absolute Gasteiger partial charge is 0.494 e. The van der Waals surface area contributed by atoms with E-state index >= 15 is 0 Å². The molecule has 1 aliphatic carbocycles. The van der Waals surface area contributed by atoms with Gasteiger partial charge in [0.1, 0.15) is 5.75 Å². The second kappa shape index (κ2) is 8.03. The van der Waals surface area contributed by atoms with Gasteiger partial charge in [0.15, 0.2) is 0 Å². The molecule has 1 aromatic carbocycles. The molecule has 1 fully saturated rings. The summed E-state index contributed by atoms with van der Waals surface area (Å²) in [4.78, 5) is 11.0. The van der Waals surface area contributed by atoms with Crippen LogP contribution in [0.25, 0.3) is 0 Å². The zero-order valence-corrected chi connectivity index (χ0v) is 12.7. The Morgan fingerprint density at radius 1 is 1.43 bits per heavy atom. The lowest BCUT2D eigenvalue weighted by atomic mass is 9.86. The third kappa shape index (κ3) is 5.38. The van der Waals surface area contributed by atoms with Gasteiger partial charge in [-0.3, -0.25) is 4.79 Å². The summed E-state index contributed by atoms with van der Waals surface area (Å²) in [7, 11) is 0. The molecule has 0 radical (unpaired) electrons. The average Bonchev–Trinajstić information content (AvgIpc) is 2.47. The summed E-state index contributed by atoms with van der Waals surface area (Å²) in [6, 6.07) is 8.40. The van der Waals surface area contributed by atoms with E-state index in [4.69, 9.17) is 9.84 Å². The van der Waals surface area contributed by atoms with Crippen LogP contribution in [0.4, 0.5) is 0 Å². The van der Waals surface area contributed by atoms with Gasteiger partial charge in [0.2, 0.25) is 0 Å². The average molecular weight is 291 g/mol. The number of carboxylic acids is 1. The lowest BCUT2D eigenvalue weighted by molar-refractivity contribution is -0.143. The smallest absolute Gasteiger partial charge is 0.306 e. The monoisotopic (exact) mass is 291 g/mol. The molecule has 1 saturated carbocycles. The van der Waals surface area contributed by atoms with Crippen LogP contribution in [0.2, 0.25) is 0 Å². The van der Waals surface area contributed by atoms with E-state index in [1.54, 1.807) is 0 Å². The van der Waals surface area contributed by atoms with E-state index in [0.29, 0.717) is 12.6 Å². The van der Waals surface area contributed by atoms with Crippen LogP contribution in [-0.2, 0) is 4.79 Å². The zero-order valence-electron chi connectivity index (χ0n) is 12.7. The summed E-state index contributed by atoms with van der Waals surface area (Å²) in [5.74, 6) is 0.0997. The maximum absolute atomic E-state index is 11.0. The van der Waals surface area contributed by atoms with Crippen LogP contribution < -0.4 is 10.1 Å². The summed E-state index contributed by atoms with van der Waals surface area (Å²) in [6.07, 6.45) is 4.61. The number of aryl methyl sites for hydroxylation is 1. The van der Waals surface area contributed by atoms with Crippen LogP contribution in [0.5, 0.6) is 5.75 Å². The normalized spacial score (nSPS) is 22.0. The minimum Gasteiger partial charge on any atom is -0.494 e. The van der Waals surface area contributed by atoms with Crippen LogP contribution >= 0.6 is 0 Å². The molecule has 0 spiro atoms. The highest BCUT2D eigenvalue weighted by Crippen LogP contribution is 2.24. The van der Waals surface area contributed by atoms with Crippen molar-refractivity contribution < 1.29 is 14.6 Å². The quantitative estimate of drug-likeness (QED) is 0.758. The Bertz CT molecular complexity index is 461. The lowest BCUT2D eigenvalue weighted by Crippen LogP contribution is -2.37. The molecule has 2 atom stereocenters. The molecule has 0 heterocycles. The number of carboxylic acid groups (broad SMARTS) is 1. The summed E-state index contributed by atoms with van der Waals surface area (Å²) in [6.45, 7) is 3.62. The molecule has 0 aliphatic heterocycles. The van der Waals surface area contributed by atoms with Crippen LogP contribution in [0.1, 0.15) is 37.7 Å². The molecule has 1 aliphatic rings. The minimum absolute atomic E-state index is 0.167. The van der Waals surface area contributed by atoms with Gasteiger partial charge in [0.25, 0.3) is 0 Å². The zero-order chi connectivity index (χ0) is 15.1. The summed E-state index contributed by atoms with van der Waals surface area (Å²) >= 11 is 0. The molecular weight excluding hydrogens is 266 g/mol. The Kier molecular flexibility index (Phi) is 6.05. The van der Waals surface area contributed by atoms with Gasteiger partial charge < -0.3 is 15.2 Å². The van der Waals surface area contributed by atoms with Crippen LogP contribution in [-0.4, -0.2) is 30.3 Å². The Labute approximate surface area is 126 Å². The molecule has 4 nitrogen and oxygen atoms in total. The number of hydrogen-bond acceptors (Lipinski definition) is 3. The Morgan fingerprint density at radius 3 is 3.05 bits per heavy atom. The van der Waals surface area contributed by atoms with Gasteiger partial charge in [0.05, 0.1) is 12.5 Å². The molecule has 2 unspecified atom stereocenters. The van der Waals surface area contributed by atoms with Gasteiger partial charge in [-0.2, -0.15) is 0 Å². The van der Waals surface area contributed by atoms with Crippen molar-refractivity contribution in [3.63, 3.8) is 0 Å². The van der Waals surface area contributed by atoms with Crippen molar-refractivity contribution in [1.29, 1.82) is 0 Å². The van der Waals surface area contributed by atoms with Crippen molar-refractivity contribution in [2.24, 2.45) is 5.92 Å². The lowest BCUT2D eigenvalue weighted by Gasteiger charge is -2.27. The highest BCUT2D eigenvalue weighted by atomic mass is 16.5. The van der Waals surface area contributed by atoms with Gasteiger partial charge in [-0.1, -0.05) is 18.6 Å². The molecule has 2 N–H and O–H groups in total. The summed E-state index contributed by atoms with van der Waals surface area (Å²) in [5.41, 5.74) is 1.20. The third-order valence-electron chi connectivity index (χ3n) is 4.04. The maximum Gasteiger partial charge on any atom is 0.306 e. The van der Waals surface area contributed by atoms with Crippen molar-refractivity contribution in [3.8, 4) is 5.75 Å². The Hall–Kier alpha value is -1.55. The van der Waals surface area contributed by atoms with Crippen molar-refractivity contribution in [2.45, 2.75) is 45.1 Å². The number of ether oxygens (including phenoxy) is 1. The third-order valence-corrected chi connectivity index (χ3v) is 4.04. The molecule has 1 aromatic rings. The predicted octanol–water partition coefficient (Wildman–Crippen LogP) is 3.00. The van der Waals surface area contributed by atoms with E-state index in [2.05, 4.69) is 18.3 Å². The number of nitrogens with one attached hydrogen (secondary N) is 1. The Morgan fingerprint density at radius 2 is 2.29 bits per heavy atom. The van der Waals surface area contributed by atoms with E-state index in [1.807, 2.05) is 18.2 Å². The molecule has 0 aromatic heterocycles. The summed E-state index contributed by atoms with van der Waals surface area (Å²) in [5, 5.41) is 12.5. The fourth-order valence-corrected chi connectivity index (χ4v) is 2.87. The van der Waals surface area contributed by atoms with Crippen LogP contribution in [0.3, 0.4) is 0 Å². The number of rotatable bonds is 7. The number of aliphatic carboxylic acids is 1. The fraction of sp³-hybridized carbons (Fsp3) is 0.588. The second-order valence-corrected chi connectivity index (χ2v) is 5.87. The number of benzene rings is 1.